The molecule has 0 saturated carbocycles. The smallest absolute Gasteiger partial charge is 0.240 e. The molecule has 0 bridgehead atoms. The van der Waals surface area contributed by atoms with E-state index >= 15 is 0 Å². The second kappa shape index (κ2) is 16.0. The van der Waals surface area contributed by atoms with Crippen LogP contribution in [0, 0.1) is 0 Å². The number of rotatable bonds is 16. The predicted molar refractivity (Wildman–Crippen MR) is 116 cm³/mol. The van der Waals surface area contributed by atoms with Gasteiger partial charge in [0, 0.05) is 6.42 Å². The molecule has 0 aromatic heterocycles. The number of hydrazone groups is 1. The van der Waals surface area contributed by atoms with Gasteiger partial charge in [-0.15, -0.1) is 0 Å². The van der Waals surface area contributed by atoms with Crippen molar-refractivity contribution in [1.82, 2.24) is 5.43 Å². The van der Waals surface area contributed by atoms with Crippen molar-refractivity contribution in [3.63, 3.8) is 0 Å². The quantitative estimate of drug-likeness (QED) is 0.219. The molecule has 0 radical (unpaired) electrons. The van der Waals surface area contributed by atoms with E-state index in [1.165, 1.54) is 57.8 Å². The molecule has 0 aliphatic heterocycles. The molecule has 0 unspecified atom stereocenters. The average Bonchev–Trinajstić information content (AvgIpc) is 2.71. The topological polar surface area (TPSA) is 59.9 Å². The number of carbonyl (C=O) groups is 1. The Labute approximate surface area is 170 Å². The Bertz CT molecular complexity index is 573. The van der Waals surface area contributed by atoms with E-state index < -0.39 is 0 Å². The first kappa shape index (κ1) is 24.0. The molecule has 1 aromatic carbocycles. The zero-order valence-corrected chi connectivity index (χ0v) is 18.0. The maximum atomic E-state index is 11.8. The molecule has 0 fully saturated rings. The molecule has 0 spiro atoms. The number of nitrogens with zero attached hydrogens (tertiary/aromatic N) is 1. The number of benzene rings is 1. The number of carbonyl (C=O) groups excluding carboxylic acids is 1. The highest BCUT2D eigenvalue weighted by atomic mass is 16.5. The Balaban J connectivity index is 2.07. The highest BCUT2D eigenvalue weighted by Gasteiger charge is 2.03. The normalized spacial score (nSPS) is 11.0. The second-order valence-corrected chi connectivity index (χ2v) is 7.19. The van der Waals surface area contributed by atoms with Crippen LogP contribution in [0.1, 0.15) is 89.5 Å². The van der Waals surface area contributed by atoms with E-state index in [9.17, 15) is 4.79 Å². The van der Waals surface area contributed by atoms with Crippen molar-refractivity contribution < 1.29 is 14.3 Å². The summed E-state index contributed by atoms with van der Waals surface area (Å²) < 4.78 is 10.5. The molecule has 158 valence electrons. The van der Waals surface area contributed by atoms with E-state index in [0.717, 1.165) is 18.4 Å². The molecular formula is C23H38N2O3. The van der Waals surface area contributed by atoms with E-state index in [2.05, 4.69) is 17.5 Å². The van der Waals surface area contributed by atoms with Crippen LogP contribution in [0.15, 0.2) is 23.3 Å². The molecule has 1 N–H and O–H groups in total. The maximum absolute atomic E-state index is 11.8. The van der Waals surface area contributed by atoms with E-state index in [-0.39, 0.29) is 5.91 Å². The fourth-order valence-electron chi connectivity index (χ4n) is 3.12. The van der Waals surface area contributed by atoms with E-state index in [4.69, 9.17) is 9.47 Å². The van der Waals surface area contributed by atoms with Crippen molar-refractivity contribution in [3.05, 3.63) is 23.8 Å². The molecule has 0 heterocycles. The van der Waals surface area contributed by atoms with Crippen LogP contribution in [-0.4, -0.2) is 26.3 Å². The average molecular weight is 391 g/mol. The van der Waals surface area contributed by atoms with Gasteiger partial charge in [0.1, 0.15) is 0 Å². The Hall–Kier alpha value is -2.04. The maximum Gasteiger partial charge on any atom is 0.240 e. The molecule has 1 amide bonds. The molecule has 1 rings (SSSR count). The second-order valence-electron chi connectivity index (χ2n) is 7.19. The summed E-state index contributed by atoms with van der Waals surface area (Å²) in [5.41, 5.74) is 3.43. The summed E-state index contributed by atoms with van der Waals surface area (Å²) >= 11 is 0. The molecule has 1 aromatic rings. The lowest BCUT2D eigenvalue weighted by molar-refractivity contribution is -0.121. The van der Waals surface area contributed by atoms with Crippen LogP contribution in [0.2, 0.25) is 0 Å². The number of amides is 1. The summed E-state index contributed by atoms with van der Waals surface area (Å²) in [6.07, 6.45) is 16.2. The lowest BCUT2D eigenvalue weighted by Gasteiger charge is -2.07. The number of hydrogen-bond donors (Lipinski definition) is 1. The summed E-state index contributed by atoms with van der Waals surface area (Å²) in [7, 11) is 3.19. The first-order valence-electron chi connectivity index (χ1n) is 10.7. The van der Waals surface area contributed by atoms with Crippen LogP contribution in [0.25, 0.3) is 0 Å². The zero-order valence-electron chi connectivity index (χ0n) is 18.0. The van der Waals surface area contributed by atoms with Crippen LogP contribution in [0.5, 0.6) is 11.5 Å². The van der Waals surface area contributed by atoms with E-state index in [0.29, 0.717) is 17.9 Å². The van der Waals surface area contributed by atoms with E-state index in [1.54, 1.807) is 20.4 Å². The van der Waals surface area contributed by atoms with Crippen molar-refractivity contribution in [1.29, 1.82) is 0 Å². The first-order chi connectivity index (χ1) is 13.7. The molecule has 5 heteroatoms. The SMILES string of the molecule is CCCCCCCCCCCCCC(=O)N/N=C\c1ccc(OC)c(OC)c1. The molecular weight excluding hydrogens is 352 g/mol. The number of unbranched alkanes of at least 4 members (excludes halogenated alkanes) is 10. The fourth-order valence-corrected chi connectivity index (χ4v) is 3.12. The largest absolute Gasteiger partial charge is 0.493 e. The third-order valence-electron chi connectivity index (χ3n) is 4.82. The number of ether oxygens (including phenoxy) is 2. The fraction of sp³-hybridized carbons (Fsp3) is 0.652. The summed E-state index contributed by atoms with van der Waals surface area (Å²) in [6.45, 7) is 2.25. The van der Waals surface area contributed by atoms with Gasteiger partial charge in [-0.25, -0.2) is 5.43 Å². The van der Waals surface area contributed by atoms with Crippen LogP contribution < -0.4 is 14.9 Å². The molecule has 0 aliphatic carbocycles. The van der Waals surface area contributed by atoms with Crippen LogP contribution in [-0.2, 0) is 4.79 Å². The minimum absolute atomic E-state index is 0.0346. The van der Waals surface area contributed by atoms with Gasteiger partial charge in [0.15, 0.2) is 11.5 Å². The lowest BCUT2D eigenvalue weighted by Crippen LogP contribution is -2.16. The highest BCUT2D eigenvalue weighted by molar-refractivity contribution is 5.83. The summed E-state index contributed by atoms with van der Waals surface area (Å²) in [4.78, 5) is 11.8. The van der Waals surface area contributed by atoms with Gasteiger partial charge in [-0.3, -0.25) is 4.79 Å². The standard InChI is InChI=1S/C23H38N2O3/c1-4-5-6-7-8-9-10-11-12-13-14-15-23(26)25-24-19-20-16-17-21(27-2)22(18-20)28-3/h16-19H,4-15H2,1-3H3,(H,25,26)/b24-19-. The zero-order chi connectivity index (χ0) is 20.5. The summed E-state index contributed by atoms with van der Waals surface area (Å²) in [5, 5.41) is 4.02. The molecule has 0 atom stereocenters. The Kier molecular flexibility index (Phi) is 13.7. The highest BCUT2D eigenvalue weighted by Crippen LogP contribution is 2.26. The van der Waals surface area contributed by atoms with Crippen molar-refractivity contribution in [2.45, 2.75) is 84.0 Å². The Morgan fingerprint density at radius 3 is 2.04 bits per heavy atom. The molecule has 5 nitrogen and oxygen atoms in total. The van der Waals surface area contributed by atoms with Gasteiger partial charge in [0.25, 0.3) is 0 Å². The van der Waals surface area contributed by atoms with Crippen LogP contribution in [0.3, 0.4) is 0 Å². The third-order valence-corrected chi connectivity index (χ3v) is 4.82. The van der Waals surface area contributed by atoms with Crippen molar-refractivity contribution >= 4 is 12.1 Å². The van der Waals surface area contributed by atoms with Crippen LogP contribution >= 0.6 is 0 Å². The lowest BCUT2D eigenvalue weighted by atomic mass is 10.1. The van der Waals surface area contributed by atoms with Gasteiger partial charge in [0.2, 0.25) is 5.91 Å². The van der Waals surface area contributed by atoms with Gasteiger partial charge in [-0.05, 0) is 30.2 Å². The van der Waals surface area contributed by atoms with Gasteiger partial charge in [-0.1, -0.05) is 71.1 Å². The number of hydrogen-bond acceptors (Lipinski definition) is 4. The minimum Gasteiger partial charge on any atom is -0.493 e. The van der Waals surface area contributed by atoms with Crippen molar-refractivity contribution in [2.24, 2.45) is 5.10 Å². The molecule has 0 saturated heterocycles. The predicted octanol–water partition coefficient (Wildman–Crippen LogP) is 5.86. The Morgan fingerprint density at radius 2 is 1.46 bits per heavy atom. The number of methoxy groups -OCH3 is 2. The molecule has 28 heavy (non-hydrogen) atoms. The van der Waals surface area contributed by atoms with Crippen molar-refractivity contribution in [2.75, 3.05) is 14.2 Å². The van der Waals surface area contributed by atoms with Gasteiger partial charge in [0.05, 0.1) is 20.4 Å². The number of nitrogens with one attached hydrogen (secondary N) is 1. The van der Waals surface area contributed by atoms with Crippen LogP contribution in [0.4, 0.5) is 0 Å². The summed E-state index contributed by atoms with van der Waals surface area (Å²) in [5.74, 6) is 1.27. The van der Waals surface area contributed by atoms with Gasteiger partial charge < -0.3 is 9.47 Å². The monoisotopic (exact) mass is 390 g/mol. The van der Waals surface area contributed by atoms with Crippen molar-refractivity contribution in [3.8, 4) is 11.5 Å². The van der Waals surface area contributed by atoms with Gasteiger partial charge in [-0.2, -0.15) is 5.10 Å². The van der Waals surface area contributed by atoms with Gasteiger partial charge >= 0.3 is 0 Å². The summed E-state index contributed by atoms with van der Waals surface area (Å²) in [6, 6.07) is 5.49. The van der Waals surface area contributed by atoms with E-state index in [1.807, 2.05) is 18.2 Å². The minimum atomic E-state index is -0.0346. The first-order valence-corrected chi connectivity index (χ1v) is 10.7. The molecule has 0 aliphatic rings. The Morgan fingerprint density at radius 1 is 0.893 bits per heavy atom. The third kappa shape index (κ3) is 11.0.